The molecular weight excluding hydrogens is 385 g/mol. The molecule has 2 aromatic rings. The molecule has 2 nitrogen and oxygen atoms in total. The quantitative estimate of drug-likeness (QED) is 0.529. The molecule has 1 aliphatic heterocycles. The molecule has 1 saturated heterocycles. The third-order valence-corrected chi connectivity index (χ3v) is 5.09. The molecule has 0 aromatic heterocycles. The summed E-state index contributed by atoms with van der Waals surface area (Å²) in [5.74, 6) is -0.546. The zero-order chi connectivity index (χ0) is 15.7. The second-order valence-electron chi connectivity index (χ2n) is 4.52. The van der Waals surface area contributed by atoms with Gasteiger partial charge in [-0.1, -0.05) is 58.1 Å². The van der Waals surface area contributed by atoms with Gasteiger partial charge >= 0.3 is 0 Å². The first kappa shape index (κ1) is 15.4. The fourth-order valence-electron chi connectivity index (χ4n) is 2.01. The Labute approximate surface area is 145 Å². The molecule has 3 rings (SSSR count). The maximum absolute atomic E-state index is 13.0. The lowest BCUT2D eigenvalue weighted by Gasteiger charge is -2.14. The fraction of sp³-hybridized carbons (Fsp3) is 0. The van der Waals surface area contributed by atoms with Crippen molar-refractivity contribution in [3.05, 3.63) is 69.3 Å². The Balaban J connectivity index is 1.95. The highest BCUT2D eigenvalue weighted by atomic mass is 79.9. The first-order valence-electron chi connectivity index (χ1n) is 6.34. The number of nitrogens with zero attached hydrogens (tertiary/aromatic N) is 1. The molecule has 1 aliphatic rings. The van der Waals surface area contributed by atoms with Gasteiger partial charge in [0.05, 0.1) is 10.6 Å². The van der Waals surface area contributed by atoms with E-state index < -0.39 is 0 Å². The second kappa shape index (κ2) is 6.32. The Hall–Kier alpha value is -1.50. The van der Waals surface area contributed by atoms with E-state index in [0.29, 0.717) is 14.9 Å². The van der Waals surface area contributed by atoms with E-state index in [-0.39, 0.29) is 11.7 Å². The molecule has 0 aliphatic carbocycles. The van der Waals surface area contributed by atoms with Gasteiger partial charge in [0, 0.05) is 4.47 Å². The number of amides is 1. The lowest BCUT2D eigenvalue weighted by molar-refractivity contribution is -0.113. The number of hydrogen-bond donors (Lipinski definition) is 0. The Morgan fingerprint density at radius 2 is 1.82 bits per heavy atom. The van der Waals surface area contributed by atoms with Crippen LogP contribution in [0.4, 0.5) is 10.1 Å². The van der Waals surface area contributed by atoms with Crippen LogP contribution in [0.5, 0.6) is 0 Å². The van der Waals surface area contributed by atoms with Crippen LogP contribution in [0.25, 0.3) is 6.08 Å². The van der Waals surface area contributed by atoms with Crippen molar-refractivity contribution in [2.45, 2.75) is 0 Å². The number of carbonyl (C=O) groups is 1. The lowest BCUT2D eigenvalue weighted by Crippen LogP contribution is -2.27. The van der Waals surface area contributed by atoms with E-state index in [4.69, 9.17) is 12.2 Å². The van der Waals surface area contributed by atoms with Crippen molar-refractivity contribution in [3.8, 4) is 0 Å². The Kier molecular flexibility index (Phi) is 4.42. The Morgan fingerprint density at radius 1 is 1.14 bits per heavy atom. The highest BCUT2D eigenvalue weighted by Crippen LogP contribution is 2.36. The molecule has 0 N–H and O–H groups in total. The van der Waals surface area contributed by atoms with E-state index in [0.717, 1.165) is 10.0 Å². The molecule has 0 radical (unpaired) electrons. The van der Waals surface area contributed by atoms with E-state index in [1.165, 1.54) is 28.8 Å². The minimum atomic E-state index is -0.349. The van der Waals surface area contributed by atoms with Gasteiger partial charge in [-0.25, -0.2) is 4.39 Å². The monoisotopic (exact) mass is 393 g/mol. The summed E-state index contributed by atoms with van der Waals surface area (Å²) in [5.41, 5.74) is 1.47. The number of carbonyl (C=O) groups excluding carboxylic acids is 1. The molecule has 0 bridgehead atoms. The van der Waals surface area contributed by atoms with Crippen molar-refractivity contribution in [3.63, 3.8) is 0 Å². The zero-order valence-electron chi connectivity index (χ0n) is 11.1. The van der Waals surface area contributed by atoms with Crippen LogP contribution in [-0.2, 0) is 4.79 Å². The maximum atomic E-state index is 13.0. The van der Waals surface area contributed by atoms with Crippen LogP contribution in [0, 0.1) is 5.82 Å². The van der Waals surface area contributed by atoms with Gasteiger partial charge in [-0.2, -0.15) is 0 Å². The molecule has 0 unspecified atom stereocenters. The smallest absolute Gasteiger partial charge is 0.268 e. The number of hydrogen-bond acceptors (Lipinski definition) is 3. The van der Waals surface area contributed by atoms with Crippen molar-refractivity contribution in [2.24, 2.45) is 0 Å². The minimum absolute atomic E-state index is 0.197. The summed E-state index contributed by atoms with van der Waals surface area (Å²) in [6, 6.07) is 13.3. The molecule has 22 heavy (non-hydrogen) atoms. The zero-order valence-corrected chi connectivity index (χ0v) is 14.3. The predicted molar refractivity (Wildman–Crippen MR) is 96.2 cm³/mol. The molecule has 2 aromatic carbocycles. The van der Waals surface area contributed by atoms with Gasteiger partial charge in [0.15, 0.2) is 4.32 Å². The highest BCUT2D eigenvalue weighted by Gasteiger charge is 2.33. The third kappa shape index (κ3) is 2.99. The van der Waals surface area contributed by atoms with Crippen molar-refractivity contribution < 1.29 is 9.18 Å². The van der Waals surface area contributed by atoms with E-state index in [9.17, 15) is 9.18 Å². The van der Waals surface area contributed by atoms with E-state index in [1.54, 1.807) is 18.2 Å². The minimum Gasteiger partial charge on any atom is -0.268 e. The van der Waals surface area contributed by atoms with Crippen LogP contribution in [0.1, 0.15) is 5.56 Å². The van der Waals surface area contributed by atoms with Gasteiger partial charge in [-0.3, -0.25) is 9.69 Å². The number of thioether (sulfide) groups is 1. The molecule has 1 fully saturated rings. The molecule has 0 atom stereocenters. The first-order valence-corrected chi connectivity index (χ1v) is 8.36. The lowest BCUT2D eigenvalue weighted by atomic mass is 10.2. The predicted octanol–water partition coefficient (Wildman–Crippen LogP) is 4.99. The summed E-state index contributed by atoms with van der Waals surface area (Å²) in [5, 5.41) is 0. The second-order valence-corrected chi connectivity index (χ2v) is 7.05. The highest BCUT2D eigenvalue weighted by molar-refractivity contribution is 9.10. The summed E-state index contributed by atoms with van der Waals surface area (Å²) >= 11 is 9.97. The van der Waals surface area contributed by atoms with Gasteiger partial charge < -0.3 is 0 Å². The summed E-state index contributed by atoms with van der Waals surface area (Å²) in [6.45, 7) is 0. The molecule has 1 heterocycles. The summed E-state index contributed by atoms with van der Waals surface area (Å²) in [4.78, 5) is 14.5. The van der Waals surface area contributed by atoms with Crippen LogP contribution in [-0.4, -0.2) is 10.2 Å². The van der Waals surface area contributed by atoms with E-state index in [2.05, 4.69) is 15.9 Å². The molecular formula is C16H9BrFNOS2. The van der Waals surface area contributed by atoms with Gasteiger partial charge in [-0.15, -0.1) is 0 Å². The van der Waals surface area contributed by atoms with Gasteiger partial charge in [-0.05, 0) is 42.0 Å². The SMILES string of the molecule is O=C1/C(=C/c2ccccc2Br)SC(=S)N1c1ccc(F)cc1. The van der Waals surface area contributed by atoms with Crippen LogP contribution in [0.15, 0.2) is 57.9 Å². The summed E-state index contributed by atoms with van der Waals surface area (Å²) < 4.78 is 14.4. The van der Waals surface area contributed by atoms with Crippen LogP contribution < -0.4 is 4.90 Å². The molecule has 0 saturated carbocycles. The normalized spacial score (nSPS) is 16.6. The number of anilines is 1. The van der Waals surface area contributed by atoms with Crippen LogP contribution in [0.3, 0.4) is 0 Å². The third-order valence-electron chi connectivity index (χ3n) is 3.07. The number of thiocarbonyl (C=S) groups is 1. The average Bonchev–Trinajstić information content (AvgIpc) is 2.77. The number of halogens is 2. The first-order chi connectivity index (χ1) is 10.6. The van der Waals surface area contributed by atoms with Crippen LogP contribution in [0.2, 0.25) is 0 Å². The molecule has 110 valence electrons. The largest absolute Gasteiger partial charge is 0.270 e. The number of rotatable bonds is 2. The Bertz CT molecular complexity index is 789. The standard InChI is InChI=1S/C16H9BrFNOS2/c17-13-4-2-1-3-10(13)9-14-15(20)19(16(21)22-14)12-7-5-11(18)6-8-12/h1-9H/b14-9-. The molecule has 1 amide bonds. The van der Waals surface area contributed by atoms with Crippen LogP contribution >= 0.6 is 39.9 Å². The maximum Gasteiger partial charge on any atom is 0.270 e. The Morgan fingerprint density at radius 3 is 2.50 bits per heavy atom. The van der Waals surface area contributed by atoms with Gasteiger partial charge in [0.2, 0.25) is 0 Å². The summed E-state index contributed by atoms with van der Waals surface area (Å²) in [6.07, 6.45) is 1.80. The van der Waals surface area contributed by atoms with Crippen molar-refractivity contribution in [1.82, 2.24) is 0 Å². The van der Waals surface area contributed by atoms with E-state index in [1.807, 2.05) is 24.3 Å². The van der Waals surface area contributed by atoms with Crippen molar-refractivity contribution in [2.75, 3.05) is 4.90 Å². The number of benzene rings is 2. The van der Waals surface area contributed by atoms with Gasteiger partial charge in [0.25, 0.3) is 5.91 Å². The van der Waals surface area contributed by atoms with E-state index >= 15 is 0 Å². The topological polar surface area (TPSA) is 20.3 Å². The van der Waals surface area contributed by atoms with Crippen molar-refractivity contribution >= 4 is 61.9 Å². The van der Waals surface area contributed by atoms with Gasteiger partial charge in [0.1, 0.15) is 5.82 Å². The molecule has 6 heteroatoms. The fourth-order valence-corrected chi connectivity index (χ4v) is 3.70. The summed E-state index contributed by atoms with van der Waals surface area (Å²) in [7, 11) is 0. The van der Waals surface area contributed by atoms with Crippen molar-refractivity contribution in [1.29, 1.82) is 0 Å². The molecule has 0 spiro atoms. The average molecular weight is 394 g/mol.